The van der Waals surface area contributed by atoms with Gasteiger partial charge in [0, 0.05) is 11.9 Å². The Bertz CT molecular complexity index is 706. The van der Waals surface area contributed by atoms with Crippen molar-refractivity contribution in [3.63, 3.8) is 0 Å². The maximum atomic E-state index is 12.0. The molecule has 0 aliphatic heterocycles. The first-order valence-electron chi connectivity index (χ1n) is 8.64. The summed E-state index contributed by atoms with van der Waals surface area (Å²) in [6.45, 7) is 2.77. The van der Waals surface area contributed by atoms with Crippen molar-refractivity contribution >= 4 is 17.2 Å². The van der Waals surface area contributed by atoms with Crippen LogP contribution in [-0.2, 0) is 17.8 Å². The highest BCUT2D eigenvalue weighted by atomic mass is 32.1. The molecule has 1 aromatic heterocycles. The fourth-order valence-corrected chi connectivity index (χ4v) is 3.68. The molecule has 0 spiro atoms. The van der Waals surface area contributed by atoms with E-state index in [1.807, 2.05) is 36.6 Å². The summed E-state index contributed by atoms with van der Waals surface area (Å²) in [6, 6.07) is 7.88. The normalized spacial score (nSPS) is 15.9. The number of aliphatic hydroxyl groups is 1. The number of nitrogens with zero attached hydrogens (tertiary/aromatic N) is 1. The van der Waals surface area contributed by atoms with Crippen molar-refractivity contribution in [2.45, 2.75) is 51.2 Å². The lowest BCUT2D eigenvalue weighted by atomic mass is 10.0. The minimum Gasteiger partial charge on any atom is -0.486 e. The fraction of sp³-hybridized carbons (Fsp3) is 0.474. The van der Waals surface area contributed by atoms with Crippen LogP contribution in [0.1, 0.15) is 41.9 Å². The molecule has 0 bridgehead atoms. The van der Waals surface area contributed by atoms with Gasteiger partial charge < -0.3 is 15.2 Å². The summed E-state index contributed by atoms with van der Waals surface area (Å²) in [5.41, 5.74) is 1.21. The molecule has 2 aromatic rings. The number of thiazole rings is 1. The highest BCUT2D eigenvalue weighted by Gasteiger charge is 2.31. The fourth-order valence-electron chi connectivity index (χ4n) is 2.98. The molecule has 0 unspecified atom stereocenters. The number of nitrogens with one attached hydrogen (secondary N) is 1. The van der Waals surface area contributed by atoms with Gasteiger partial charge in [-0.05, 0) is 31.9 Å². The molecule has 1 amide bonds. The smallest absolute Gasteiger partial charge is 0.226 e. The molecule has 1 aliphatic rings. The molecule has 0 radical (unpaired) electrons. The quantitative estimate of drug-likeness (QED) is 0.796. The number of amides is 1. The second-order valence-electron chi connectivity index (χ2n) is 6.72. The molecule has 3 rings (SSSR count). The van der Waals surface area contributed by atoms with Crippen LogP contribution in [0.5, 0.6) is 5.75 Å². The van der Waals surface area contributed by atoms with E-state index in [0.717, 1.165) is 42.1 Å². The van der Waals surface area contributed by atoms with Crippen LogP contribution in [-0.4, -0.2) is 28.1 Å². The Morgan fingerprint density at radius 1 is 1.32 bits per heavy atom. The van der Waals surface area contributed by atoms with Gasteiger partial charge >= 0.3 is 0 Å². The molecule has 0 atom stereocenters. The number of rotatable bonds is 7. The van der Waals surface area contributed by atoms with Crippen LogP contribution in [0.2, 0.25) is 0 Å². The second kappa shape index (κ2) is 7.97. The van der Waals surface area contributed by atoms with E-state index in [4.69, 9.17) is 4.74 Å². The first-order valence-corrected chi connectivity index (χ1v) is 9.52. The van der Waals surface area contributed by atoms with Crippen LogP contribution in [0.4, 0.5) is 0 Å². The highest BCUT2D eigenvalue weighted by Crippen LogP contribution is 2.28. The van der Waals surface area contributed by atoms with Gasteiger partial charge in [-0.15, -0.1) is 11.3 Å². The lowest BCUT2D eigenvalue weighted by molar-refractivity contribution is -0.121. The molecular formula is C19H24N2O3S. The number of benzene rings is 1. The molecule has 6 heteroatoms. The first kappa shape index (κ1) is 17.9. The third-order valence-electron chi connectivity index (χ3n) is 4.47. The summed E-state index contributed by atoms with van der Waals surface area (Å²) < 4.78 is 5.71. The van der Waals surface area contributed by atoms with Gasteiger partial charge in [-0.25, -0.2) is 4.98 Å². The average molecular weight is 360 g/mol. The molecule has 0 saturated heterocycles. The Labute approximate surface area is 152 Å². The van der Waals surface area contributed by atoms with Crippen molar-refractivity contribution in [2.24, 2.45) is 0 Å². The summed E-state index contributed by atoms with van der Waals surface area (Å²) in [7, 11) is 0. The zero-order chi connectivity index (χ0) is 17.7. The van der Waals surface area contributed by atoms with E-state index in [2.05, 4.69) is 10.3 Å². The predicted molar refractivity (Wildman–Crippen MR) is 97.8 cm³/mol. The van der Waals surface area contributed by atoms with Crippen molar-refractivity contribution in [1.82, 2.24) is 10.3 Å². The van der Waals surface area contributed by atoms with Gasteiger partial charge in [-0.1, -0.05) is 30.5 Å². The molecule has 1 fully saturated rings. The number of hydrogen-bond acceptors (Lipinski definition) is 5. The van der Waals surface area contributed by atoms with E-state index in [0.29, 0.717) is 13.2 Å². The van der Waals surface area contributed by atoms with Crippen molar-refractivity contribution in [1.29, 1.82) is 0 Å². The van der Waals surface area contributed by atoms with Gasteiger partial charge in [0.2, 0.25) is 5.91 Å². The minimum absolute atomic E-state index is 0.100. The van der Waals surface area contributed by atoms with E-state index >= 15 is 0 Å². The van der Waals surface area contributed by atoms with Gasteiger partial charge in [0.1, 0.15) is 17.4 Å². The molecule has 134 valence electrons. The summed E-state index contributed by atoms with van der Waals surface area (Å²) in [5, 5.41) is 15.8. The third-order valence-corrected chi connectivity index (χ3v) is 5.34. The van der Waals surface area contributed by atoms with E-state index in [-0.39, 0.29) is 12.3 Å². The topological polar surface area (TPSA) is 71.5 Å². The Balaban J connectivity index is 1.44. The van der Waals surface area contributed by atoms with Crippen LogP contribution >= 0.6 is 11.3 Å². The standard InChI is InChI=1S/C19H24N2O3S/c1-14-4-6-16(7-5-14)24-11-18-21-15(12-25-18)10-17(22)20-13-19(23)8-2-3-9-19/h4-7,12,23H,2-3,8-11,13H2,1H3,(H,20,22). The molecule has 1 saturated carbocycles. The Hall–Kier alpha value is -1.92. The van der Waals surface area contributed by atoms with Gasteiger partial charge in [0.15, 0.2) is 0 Å². The van der Waals surface area contributed by atoms with Crippen LogP contribution in [0.15, 0.2) is 29.6 Å². The van der Waals surface area contributed by atoms with Crippen molar-refractivity contribution in [2.75, 3.05) is 6.54 Å². The Kier molecular flexibility index (Phi) is 5.71. The summed E-state index contributed by atoms with van der Waals surface area (Å²) >= 11 is 1.49. The van der Waals surface area contributed by atoms with Gasteiger partial charge in [-0.2, -0.15) is 0 Å². The molecule has 2 N–H and O–H groups in total. The van der Waals surface area contributed by atoms with Crippen LogP contribution in [0.25, 0.3) is 0 Å². The van der Waals surface area contributed by atoms with E-state index in [1.165, 1.54) is 16.9 Å². The lowest BCUT2D eigenvalue weighted by Gasteiger charge is -2.22. The average Bonchev–Trinajstić information content (AvgIpc) is 3.22. The largest absolute Gasteiger partial charge is 0.486 e. The number of hydrogen-bond donors (Lipinski definition) is 2. The van der Waals surface area contributed by atoms with Crippen LogP contribution < -0.4 is 10.1 Å². The minimum atomic E-state index is -0.717. The number of carbonyl (C=O) groups excluding carboxylic acids is 1. The molecule has 25 heavy (non-hydrogen) atoms. The lowest BCUT2D eigenvalue weighted by Crippen LogP contribution is -2.41. The predicted octanol–water partition coefficient (Wildman–Crippen LogP) is 2.99. The monoisotopic (exact) mass is 360 g/mol. The van der Waals surface area contributed by atoms with Gasteiger partial charge in [0.05, 0.1) is 17.7 Å². The zero-order valence-corrected chi connectivity index (χ0v) is 15.3. The molecule has 1 aliphatic carbocycles. The summed E-state index contributed by atoms with van der Waals surface area (Å²) in [6.07, 6.45) is 3.83. The van der Waals surface area contributed by atoms with E-state index in [1.54, 1.807) is 0 Å². The maximum absolute atomic E-state index is 12.0. The van der Waals surface area contributed by atoms with E-state index in [9.17, 15) is 9.90 Å². The van der Waals surface area contributed by atoms with E-state index < -0.39 is 5.60 Å². The number of aryl methyl sites for hydroxylation is 1. The summed E-state index contributed by atoms with van der Waals surface area (Å²) in [4.78, 5) is 16.5. The van der Waals surface area contributed by atoms with Crippen molar-refractivity contribution in [3.8, 4) is 5.75 Å². The van der Waals surface area contributed by atoms with Crippen LogP contribution in [0.3, 0.4) is 0 Å². The Morgan fingerprint density at radius 2 is 2.04 bits per heavy atom. The highest BCUT2D eigenvalue weighted by molar-refractivity contribution is 7.09. The summed E-state index contributed by atoms with van der Waals surface area (Å²) in [5.74, 6) is 0.710. The molecule has 1 aromatic carbocycles. The van der Waals surface area contributed by atoms with Crippen molar-refractivity contribution < 1.29 is 14.6 Å². The van der Waals surface area contributed by atoms with Gasteiger partial charge in [-0.3, -0.25) is 4.79 Å². The number of carbonyl (C=O) groups is 1. The van der Waals surface area contributed by atoms with Gasteiger partial charge in [0.25, 0.3) is 0 Å². The number of ether oxygens (including phenoxy) is 1. The zero-order valence-electron chi connectivity index (χ0n) is 14.5. The SMILES string of the molecule is Cc1ccc(OCc2nc(CC(=O)NCC3(O)CCCC3)cs2)cc1. The van der Waals surface area contributed by atoms with Crippen LogP contribution in [0, 0.1) is 6.92 Å². The van der Waals surface area contributed by atoms with Crippen molar-refractivity contribution in [3.05, 3.63) is 45.9 Å². The maximum Gasteiger partial charge on any atom is 0.226 e. The Morgan fingerprint density at radius 3 is 2.76 bits per heavy atom. The molecule has 5 nitrogen and oxygen atoms in total. The molecule has 1 heterocycles. The third kappa shape index (κ3) is 5.28. The first-order chi connectivity index (χ1) is 12.0. The second-order valence-corrected chi connectivity index (χ2v) is 7.66. The molecular weight excluding hydrogens is 336 g/mol. The number of aromatic nitrogens is 1.